The van der Waals surface area contributed by atoms with E-state index in [1.165, 1.54) is 16.7 Å². The molecule has 0 spiro atoms. The Hall–Kier alpha value is -3.61. The summed E-state index contributed by atoms with van der Waals surface area (Å²) in [7, 11) is -3.99. The molecular formula is C20H31FN6O5S. The van der Waals surface area contributed by atoms with Gasteiger partial charge in [0.15, 0.2) is 0 Å². The third kappa shape index (κ3) is 8.11. The summed E-state index contributed by atoms with van der Waals surface area (Å²) in [5.41, 5.74) is 11.2. The fourth-order valence-corrected chi connectivity index (χ4v) is 4.09. The van der Waals surface area contributed by atoms with Gasteiger partial charge >= 0.3 is 0 Å². The van der Waals surface area contributed by atoms with Crippen LogP contribution < -0.4 is 27.1 Å². The van der Waals surface area contributed by atoms with Gasteiger partial charge in [0.1, 0.15) is 18.8 Å². The van der Waals surface area contributed by atoms with Crippen LogP contribution >= 0.6 is 0 Å². The number of aryl methyl sites for hydroxylation is 3. The predicted molar refractivity (Wildman–Crippen MR) is 126 cm³/mol. The van der Waals surface area contributed by atoms with Gasteiger partial charge in [0.2, 0.25) is 11.9 Å². The van der Waals surface area contributed by atoms with Crippen molar-refractivity contribution in [1.29, 1.82) is 1.45 Å². The number of nitrogens with zero attached hydrogens (tertiary/aromatic N) is 2. The van der Waals surface area contributed by atoms with Crippen LogP contribution in [0, 0.1) is 20.8 Å². The molecule has 2 aromatic rings. The molecule has 1 heterocycles. The average molecular weight is 489 g/mol. The topological polar surface area (TPSA) is 171 Å². The van der Waals surface area contributed by atoms with Crippen LogP contribution in [-0.4, -0.2) is 39.5 Å². The summed E-state index contributed by atoms with van der Waals surface area (Å²) in [6, 6.07) is 7.95. The molecule has 0 saturated heterocycles. The van der Waals surface area contributed by atoms with E-state index in [1.807, 2.05) is 0 Å². The number of hydrogen-bond acceptors (Lipinski definition) is 6. The van der Waals surface area contributed by atoms with Crippen molar-refractivity contribution in [2.75, 3.05) is 17.9 Å². The molecule has 184 valence electrons. The van der Waals surface area contributed by atoms with Gasteiger partial charge in [-0.3, -0.25) is 19.0 Å². The molecule has 0 aliphatic heterocycles. The normalized spacial score (nSPS) is 10.5. The molecular weight excluding hydrogens is 455 g/mol. The standard InChI is InChI=1S/C19H26N6O5S.CH4.FH/c1-12-4-5-13(2)16(10-12)31(28,29)24-15-7-6-14(3)25(18(15)27)11-17(26)22-8-9-30-23-19(20)21;;/h4-7,10,24H,8-9,11H2,1-3H3,(H,22,26)(H4,20,21,23);1H4;1H/i/hT. The van der Waals surface area contributed by atoms with Crippen LogP contribution in [0.4, 0.5) is 10.4 Å². The summed E-state index contributed by atoms with van der Waals surface area (Å²) in [6.45, 7) is 4.93. The number of guanidine groups is 1. The van der Waals surface area contributed by atoms with Crippen molar-refractivity contribution >= 4 is 27.6 Å². The van der Waals surface area contributed by atoms with Gasteiger partial charge in [-0.1, -0.05) is 19.6 Å². The number of amides is 1. The van der Waals surface area contributed by atoms with Crippen LogP contribution in [0.5, 0.6) is 0 Å². The quantitative estimate of drug-likeness (QED) is 0.174. The molecule has 6 N–H and O–H groups in total. The SMILES string of the molecule is C.Cc1ccc(C)c(S(=O)(=O)Nc2ccc(C)n(CC(=O)NCCON=C(N)N)c2=O)c1.[3H]F. The molecule has 33 heavy (non-hydrogen) atoms. The molecule has 0 aliphatic carbocycles. The summed E-state index contributed by atoms with van der Waals surface area (Å²) in [6.07, 6.45) is 0. The van der Waals surface area contributed by atoms with Gasteiger partial charge in [-0.15, -0.1) is 0 Å². The molecule has 0 bridgehead atoms. The van der Waals surface area contributed by atoms with Crippen molar-refractivity contribution in [3.05, 3.63) is 57.5 Å². The van der Waals surface area contributed by atoms with E-state index in [2.05, 4.69) is 16.6 Å². The van der Waals surface area contributed by atoms with Crippen molar-refractivity contribution in [3.8, 4) is 0 Å². The van der Waals surface area contributed by atoms with Gasteiger partial charge in [-0.05, 0) is 55.3 Å². The van der Waals surface area contributed by atoms with E-state index in [9.17, 15) is 18.0 Å². The van der Waals surface area contributed by atoms with E-state index in [4.69, 9.17) is 21.0 Å². The number of nitrogens with two attached hydrogens (primary N) is 2. The van der Waals surface area contributed by atoms with Crippen LogP contribution in [0.15, 0.2) is 45.2 Å². The third-order valence-corrected chi connectivity index (χ3v) is 5.76. The summed E-state index contributed by atoms with van der Waals surface area (Å²) in [5.74, 6) is -0.707. The van der Waals surface area contributed by atoms with Gasteiger partial charge in [0.25, 0.3) is 17.0 Å². The number of aromatic nitrogens is 1. The van der Waals surface area contributed by atoms with E-state index in [0.29, 0.717) is 11.3 Å². The smallest absolute Gasteiger partial charge is 0.275 e. The molecule has 0 atom stereocenters. The van der Waals surface area contributed by atoms with Crippen LogP contribution in [0.2, 0.25) is 0 Å². The molecule has 2 rings (SSSR count). The van der Waals surface area contributed by atoms with E-state index >= 15 is 0 Å². The highest BCUT2D eigenvalue weighted by molar-refractivity contribution is 7.92. The minimum absolute atomic E-state index is 0. The first kappa shape index (κ1) is 27.4. The highest BCUT2D eigenvalue weighted by atomic mass is 32.2. The lowest BCUT2D eigenvalue weighted by Gasteiger charge is -2.14. The van der Waals surface area contributed by atoms with Gasteiger partial charge in [-0.2, -0.15) is 0 Å². The molecule has 13 heteroatoms. The van der Waals surface area contributed by atoms with Crippen molar-refractivity contribution < 1.29 is 22.8 Å². The lowest BCUT2D eigenvalue weighted by molar-refractivity contribution is -0.122. The minimum atomic E-state index is -3.99. The van der Waals surface area contributed by atoms with E-state index < -0.39 is 21.5 Å². The number of rotatable bonds is 9. The summed E-state index contributed by atoms with van der Waals surface area (Å²) in [4.78, 5) is 29.8. The summed E-state index contributed by atoms with van der Waals surface area (Å²) in [5, 5.41) is 5.87. The van der Waals surface area contributed by atoms with Crippen molar-refractivity contribution in [2.24, 2.45) is 16.6 Å². The fraction of sp³-hybridized carbons (Fsp3) is 0.350. The number of pyridine rings is 1. The molecule has 0 saturated carbocycles. The van der Waals surface area contributed by atoms with Crippen molar-refractivity contribution in [1.82, 2.24) is 9.88 Å². The lowest BCUT2D eigenvalue weighted by Crippen LogP contribution is -2.36. The maximum Gasteiger partial charge on any atom is 0.275 e. The van der Waals surface area contributed by atoms with E-state index in [0.717, 1.165) is 5.56 Å². The molecule has 0 fully saturated rings. The Morgan fingerprint density at radius 1 is 1.21 bits per heavy atom. The Kier molecular flexibility index (Phi) is 10.3. The Bertz CT molecular complexity index is 1170. The second-order valence-electron chi connectivity index (χ2n) is 6.85. The Labute approximate surface area is 193 Å². The second-order valence-corrected chi connectivity index (χ2v) is 8.50. The number of hydrogen-bond donors (Lipinski definition) is 4. The first-order valence-corrected chi connectivity index (χ1v) is 10.8. The Morgan fingerprint density at radius 2 is 1.88 bits per heavy atom. The molecule has 0 aliphatic rings. The van der Waals surface area contributed by atoms with Crippen LogP contribution in [-0.2, 0) is 26.2 Å². The molecule has 0 unspecified atom stereocenters. The van der Waals surface area contributed by atoms with Gasteiger partial charge in [0, 0.05) is 5.69 Å². The van der Waals surface area contributed by atoms with Gasteiger partial charge in [-0.25, -0.2) is 8.42 Å². The van der Waals surface area contributed by atoms with Crippen LogP contribution in [0.3, 0.4) is 0 Å². The van der Waals surface area contributed by atoms with Crippen molar-refractivity contribution in [2.45, 2.75) is 39.6 Å². The van der Waals surface area contributed by atoms with E-state index in [1.54, 1.807) is 39.0 Å². The molecule has 1 aromatic heterocycles. The third-order valence-electron chi connectivity index (χ3n) is 4.26. The number of benzene rings is 1. The minimum Gasteiger partial charge on any atom is -0.391 e. The zero-order chi connectivity index (χ0) is 25.2. The zero-order valence-electron chi connectivity index (χ0n) is 18.9. The number of carbonyl (C=O) groups excluding carboxylic acids is 1. The summed E-state index contributed by atoms with van der Waals surface area (Å²) < 4.78 is 42.1. The fourth-order valence-electron chi connectivity index (χ4n) is 2.70. The average Bonchev–Trinajstić information content (AvgIpc) is 2.75. The monoisotopic (exact) mass is 488 g/mol. The van der Waals surface area contributed by atoms with Crippen LogP contribution in [0.1, 0.15) is 24.2 Å². The first-order chi connectivity index (χ1) is 15.5. The van der Waals surface area contributed by atoms with Crippen molar-refractivity contribution in [3.63, 3.8) is 0 Å². The maximum atomic E-state index is 12.8. The highest BCUT2D eigenvalue weighted by Gasteiger charge is 2.20. The maximum absolute atomic E-state index is 12.8. The lowest BCUT2D eigenvalue weighted by atomic mass is 10.2. The number of carbonyl (C=O) groups is 1. The second kappa shape index (κ2) is 12.4. The van der Waals surface area contributed by atoms with Gasteiger partial charge < -0.3 is 26.2 Å². The summed E-state index contributed by atoms with van der Waals surface area (Å²) >= 11 is 0. The Morgan fingerprint density at radius 3 is 2.52 bits per heavy atom. The molecule has 1 amide bonds. The highest BCUT2D eigenvalue weighted by Crippen LogP contribution is 2.19. The predicted octanol–water partition coefficient (Wildman–Crippen LogP) is 0.684. The van der Waals surface area contributed by atoms with Gasteiger partial charge in [0.05, 0.1) is 11.4 Å². The van der Waals surface area contributed by atoms with Crippen LogP contribution in [0.25, 0.3) is 0 Å². The Balaban J connectivity index is 0.00000353. The largest absolute Gasteiger partial charge is 0.391 e. The first-order valence-electron chi connectivity index (χ1n) is 9.67. The zero-order valence-corrected chi connectivity index (χ0v) is 18.7. The number of oxime groups is 1. The number of anilines is 1. The number of nitrogens with one attached hydrogen (secondary N) is 2. The number of sulfonamides is 1. The van der Waals surface area contributed by atoms with E-state index in [-0.39, 0.29) is 43.7 Å². The number of halogens is 1. The molecule has 11 nitrogen and oxygen atoms in total. The molecule has 1 aromatic carbocycles. The molecule has 0 radical (unpaired) electrons.